The molecule has 1 aliphatic carbocycles. The molecule has 1 N–H and O–H groups in total. The normalized spacial score (nSPS) is 24.1. The van der Waals surface area contributed by atoms with Gasteiger partial charge in [0, 0.05) is 44.5 Å². The molecule has 3 heterocycles. The Bertz CT molecular complexity index is 1220. The molecule has 1 saturated carbocycles. The number of halogens is 1. The third-order valence-electron chi connectivity index (χ3n) is 7.63. The van der Waals surface area contributed by atoms with Gasteiger partial charge in [-0.25, -0.2) is 17.9 Å². The Labute approximate surface area is 211 Å². The Morgan fingerprint density at radius 2 is 1.86 bits per heavy atom. The van der Waals surface area contributed by atoms with Crippen LogP contribution in [0, 0.1) is 6.92 Å². The van der Waals surface area contributed by atoms with Gasteiger partial charge in [-0.1, -0.05) is 11.6 Å². The molecule has 0 amide bonds. The number of sulfone groups is 1. The van der Waals surface area contributed by atoms with Gasteiger partial charge in [0.15, 0.2) is 9.84 Å². The molecule has 2 aromatic rings. The third kappa shape index (κ3) is 4.51. The fourth-order valence-corrected chi connectivity index (χ4v) is 7.53. The van der Waals surface area contributed by atoms with Gasteiger partial charge in [0.25, 0.3) is 0 Å². The van der Waals surface area contributed by atoms with Crippen LogP contribution in [0.15, 0.2) is 29.2 Å². The van der Waals surface area contributed by atoms with Crippen molar-refractivity contribution in [2.45, 2.75) is 54.8 Å². The Morgan fingerprint density at radius 3 is 2.46 bits per heavy atom. The lowest BCUT2D eigenvalue weighted by molar-refractivity contribution is -0.138. The number of carboxylic acids is 1. The van der Waals surface area contributed by atoms with Crippen LogP contribution < -0.4 is 9.80 Å². The van der Waals surface area contributed by atoms with E-state index < -0.39 is 27.1 Å². The van der Waals surface area contributed by atoms with Crippen molar-refractivity contribution in [1.82, 2.24) is 14.7 Å². The molecule has 0 unspecified atom stereocenters. The van der Waals surface area contributed by atoms with Gasteiger partial charge in [-0.2, -0.15) is 5.10 Å². The highest BCUT2D eigenvalue weighted by Gasteiger charge is 2.45. The second-order valence-electron chi connectivity index (χ2n) is 9.99. The number of hydrogen-bond acceptors (Lipinski definition) is 7. The number of likely N-dealkylation sites (N-methyl/N-ethyl adjacent to an activating group) is 1. The lowest BCUT2D eigenvalue weighted by atomic mass is 9.93. The number of hydrogen-bond donors (Lipinski definition) is 1. The van der Waals surface area contributed by atoms with Gasteiger partial charge in [0.1, 0.15) is 11.9 Å². The largest absolute Gasteiger partial charge is 0.480 e. The van der Waals surface area contributed by atoms with E-state index in [9.17, 15) is 18.3 Å². The van der Waals surface area contributed by atoms with Crippen molar-refractivity contribution in [3.63, 3.8) is 0 Å². The van der Waals surface area contributed by atoms with Gasteiger partial charge in [-0.05, 0) is 57.9 Å². The average Bonchev–Trinajstić information content (AvgIpc) is 3.37. The van der Waals surface area contributed by atoms with E-state index in [2.05, 4.69) is 21.9 Å². The lowest BCUT2D eigenvalue weighted by Gasteiger charge is -2.34. The van der Waals surface area contributed by atoms with E-state index in [-0.39, 0.29) is 28.9 Å². The van der Waals surface area contributed by atoms with Crippen molar-refractivity contribution in [3.8, 4) is 0 Å². The molecule has 2 saturated heterocycles. The molecule has 3 fully saturated rings. The summed E-state index contributed by atoms with van der Waals surface area (Å²) in [5.74, 6) is -0.341. The molecule has 35 heavy (non-hydrogen) atoms. The van der Waals surface area contributed by atoms with E-state index in [4.69, 9.17) is 11.6 Å². The first-order valence-corrected chi connectivity index (χ1v) is 14.1. The fourth-order valence-electron chi connectivity index (χ4n) is 5.29. The summed E-state index contributed by atoms with van der Waals surface area (Å²) in [6.07, 6.45) is 3.11. The van der Waals surface area contributed by atoms with E-state index in [0.29, 0.717) is 5.82 Å². The smallest absolute Gasteiger partial charge is 0.326 e. The Balaban J connectivity index is 1.41. The summed E-state index contributed by atoms with van der Waals surface area (Å²) in [5.41, 5.74) is 1.70. The Kier molecular flexibility index (Phi) is 6.48. The predicted octanol–water partition coefficient (Wildman–Crippen LogP) is 2.83. The first-order valence-electron chi connectivity index (χ1n) is 12.2. The van der Waals surface area contributed by atoms with Crippen LogP contribution in [0.1, 0.15) is 37.4 Å². The first kappa shape index (κ1) is 24.4. The number of rotatable bonds is 6. The number of carbonyl (C=O) groups is 1. The van der Waals surface area contributed by atoms with Gasteiger partial charge >= 0.3 is 5.97 Å². The van der Waals surface area contributed by atoms with Crippen LogP contribution in [-0.4, -0.2) is 85.2 Å². The van der Waals surface area contributed by atoms with Crippen LogP contribution in [0.4, 0.5) is 11.5 Å². The molecule has 1 aromatic heterocycles. The Hall–Kier alpha value is -2.30. The number of carboxylic acid groups (broad SMARTS) is 1. The molecule has 9 nitrogen and oxygen atoms in total. The minimum Gasteiger partial charge on any atom is -0.480 e. The number of aryl methyl sites for hydroxylation is 1. The van der Waals surface area contributed by atoms with E-state index >= 15 is 0 Å². The van der Waals surface area contributed by atoms with Crippen LogP contribution in [-0.2, 0) is 14.6 Å². The maximum Gasteiger partial charge on any atom is 0.326 e. The number of nitrogens with zero attached hydrogens (tertiary/aromatic N) is 5. The quantitative estimate of drug-likeness (QED) is 0.619. The second kappa shape index (κ2) is 9.29. The standard InChI is InChI=1S/C24H32ClN5O4S/c1-16-12-23(30(26-16)17-4-3-5-17)29-15-19(14-21(29)24(31)32)35(33,34)22-7-6-18(13-20(22)25)28-10-8-27(2)9-11-28/h6-7,12-13,17,19,21H,3-5,8-11,14-15H2,1-2H3,(H,31,32)/t19-,21+/m1/s1. The third-order valence-corrected chi connectivity index (χ3v) is 10.2. The monoisotopic (exact) mass is 521 g/mol. The molecule has 2 atom stereocenters. The number of aliphatic carboxylic acids is 1. The minimum absolute atomic E-state index is 0.00308. The first-order chi connectivity index (χ1) is 16.6. The molecule has 1 aromatic carbocycles. The SMILES string of the molecule is Cc1cc(N2C[C@H](S(=O)(=O)c3ccc(N4CCN(C)CC4)cc3Cl)C[C@H]2C(=O)O)n(C2CCC2)n1. The van der Waals surface area contributed by atoms with Crippen molar-refractivity contribution < 1.29 is 18.3 Å². The number of anilines is 2. The van der Waals surface area contributed by atoms with Crippen LogP contribution in [0.2, 0.25) is 5.02 Å². The van der Waals surface area contributed by atoms with E-state index in [1.54, 1.807) is 23.1 Å². The second-order valence-corrected chi connectivity index (χ2v) is 12.6. The molecule has 0 bridgehead atoms. The highest BCUT2D eigenvalue weighted by Crippen LogP contribution is 2.39. The topological polar surface area (TPSA) is 99.0 Å². The summed E-state index contributed by atoms with van der Waals surface area (Å²) in [5, 5.41) is 13.9. The molecule has 5 rings (SSSR count). The summed E-state index contributed by atoms with van der Waals surface area (Å²) in [4.78, 5) is 18.4. The zero-order valence-electron chi connectivity index (χ0n) is 20.1. The Morgan fingerprint density at radius 1 is 1.14 bits per heavy atom. The van der Waals surface area contributed by atoms with Gasteiger partial charge in [0.05, 0.1) is 26.9 Å². The van der Waals surface area contributed by atoms with Crippen molar-refractivity contribution >= 4 is 38.9 Å². The van der Waals surface area contributed by atoms with Crippen LogP contribution >= 0.6 is 11.6 Å². The summed E-state index contributed by atoms with van der Waals surface area (Å²) in [7, 11) is -1.77. The van der Waals surface area contributed by atoms with Gasteiger partial charge in [-0.15, -0.1) is 0 Å². The van der Waals surface area contributed by atoms with Crippen molar-refractivity contribution in [2.75, 3.05) is 49.6 Å². The molecule has 3 aliphatic rings. The lowest BCUT2D eigenvalue weighted by Crippen LogP contribution is -2.44. The molecular weight excluding hydrogens is 490 g/mol. The maximum absolute atomic E-state index is 13.7. The fraction of sp³-hybridized carbons (Fsp3) is 0.583. The molecule has 11 heteroatoms. The van der Waals surface area contributed by atoms with Crippen LogP contribution in [0.25, 0.3) is 0 Å². The minimum atomic E-state index is -3.84. The average molecular weight is 522 g/mol. The van der Waals surface area contributed by atoms with Gasteiger partial charge in [0.2, 0.25) is 0 Å². The maximum atomic E-state index is 13.7. The van der Waals surface area contributed by atoms with E-state index in [1.165, 1.54) is 0 Å². The summed E-state index contributed by atoms with van der Waals surface area (Å²) >= 11 is 6.53. The number of piperazine rings is 1. The summed E-state index contributed by atoms with van der Waals surface area (Å²) in [6.45, 7) is 5.54. The zero-order chi connectivity index (χ0) is 24.9. The summed E-state index contributed by atoms with van der Waals surface area (Å²) in [6, 6.07) is 6.26. The number of benzene rings is 1. The zero-order valence-corrected chi connectivity index (χ0v) is 21.7. The van der Waals surface area contributed by atoms with Crippen LogP contribution in [0.5, 0.6) is 0 Å². The highest BCUT2D eigenvalue weighted by molar-refractivity contribution is 7.92. The number of aromatic nitrogens is 2. The van der Waals surface area contributed by atoms with Crippen molar-refractivity contribution in [1.29, 1.82) is 0 Å². The summed E-state index contributed by atoms with van der Waals surface area (Å²) < 4.78 is 29.2. The highest BCUT2D eigenvalue weighted by atomic mass is 35.5. The van der Waals surface area contributed by atoms with Crippen molar-refractivity contribution in [2.24, 2.45) is 0 Å². The van der Waals surface area contributed by atoms with E-state index in [1.807, 2.05) is 17.7 Å². The van der Waals surface area contributed by atoms with Crippen molar-refractivity contribution in [3.05, 3.63) is 35.0 Å². The van der Waals surface area contributed by atoms with Gasteiger partial charge < -0.3 is 19.8 Å². The predicted molar refractivity (Wildman–Crippen MR) is 135 cm³/mol. The molecule has 0 spiro atoms. The molecule has 0 radical (unpaired) electrons. The molecular formula is C24H32ClN5O4S. The van der Waals surface area contributed by atoms with Crippen LogP contribution in [0.3, 0.4) is 0 Å². The van der Waals surface area contributed by atoms with Gasteiger partial charge in [-0.3, -0.25) is 0 Å². The molecule has 2 aliphatic heterocycles. The van der Waals surface area contributed by atoms with E-state index in [0.717, 1.165) is 56.8 Å². The molecule has 190 valence electrons.